The highest BCUT2D eigenvalue weighted by Crippen LogP contribution is 2.48. The SMILES string of the molecule is Cc1ccc(C2(Nc3nc(C)c(-c4nc5cnccc5s4)c(N[C@@H]4C[C@H](CO)[C@@H](O)[C@H]4O)n3)CC2)cc1. The van der Waals surface area contributed by atoms with Gasteiger partial charge in [0.1, 0.15) is 22.4 Å². The Morgan fingerprint density at radius 2 is 1.81 bits per heavy atom. The van der Waals surface area contributed by atoms with Crippen molar-refractivity contribution in [3.8, 4) is 10.6 Å². The van der Waals surface area contributed by atoms with Crippen LogP contribution in [0, 0.1) is 19.8 Å². The average Bonchev–Trinajstić information content (AvgIpc) is 3.45. The Kier molecular flexibility index (Phi) is 6.07. The Bertz CT molecular complexity index is 1410. The molecule has 2 saturated carbocycles. The number of aromatic nitrogens is 4. The summed E-state index contributed by atoms with van der Waals surface area (Å²) in [6.07, 6.45) is 3.83. The van der Waals surface area contributed by atoms with Gasteiger partial charge >= 0.3 is 0 Å². The van der Waals surface area contributed by atoms with Crippen LogP contribution >= 0.6 is 11.3 Å². The van der Waals surface area contributed by atoms with Gasteiger partial charge in [-0.25, -0.2) is 9.97 Å². The first kappa shape index (κ1) is 24.2. The van der Waals surface area contributed by atoms with Gasteiger partial charge in [-0.15, -0.1) is 11.3 Å². The smallest absolute Gasteiger partial charge is 0.225 e. The molecule has 0 radical (unpaired) electrons. The van der Waals surface area contributed by atoms with E-state index in [9.17, 15) is 15.3 Å². The number of aliphatic hydroxyl groups is 3. The molecule has 5 N–H and O–H groups in total. The van der Waals surface area contributed by atoms with Gasteiger partial charge in [0, 0.05) is 18.7 Å². The molecule has 3 aromatic heterocycles. The topological polar surface area (TPSA) is 136 Å². The minimum absolute atomic E-state index is 0.192. The summed E-state index contributed by atoms with van der Waals surface area (Å²) in [4.78, 5) is 18.7. The summed E-state index contributed by atoms with van der Waals surface area (Å²) < 4.78 is 1.01. The lowest BCUT2D eigenvalue weighted by Crippen LogP contribution is -2.36. The average molecular weight is 519 g/mol. The predicted octanol–water partition coefficient (Wildman–Crippen LogP) is 3.38. The summed E-state index contributed by atoms with van der Waals surface area (Å²) in [6.45, 7) is 3.82. The molecule has 10 heteroatoms. The maximum absolute atomic E-state index is 10.7. The van der Waals surface area contributed by atoms with Gasteiger partial charge in [-0.3, -0.25) is 4.98 Å². The molecule has 37 heavy (non-hydrogen) atoms. The number of thiazole rings is 1. The zero-order valence-electron chi connectivity index (χ0n) is 20.7. The second-order valence-corrected chi connectivity index (χ2v) is 11.2. The Balaban J connectivity index is 1.39. The number of hydrogen-bond acceptors (Lipinski definition) is 10. The quantitative estimate of drug-likeness (QED) is 0.249. The Morgan fingerprint density at radius 1 is 1.03 bits per heavy atom. The number of fused-ring (bicyclic) bond motifs is 1. The first-order valence-corrected chi connectivity index (χ1v) is 13.4. The minimum atomic E-state index is -1.03. The van der Waals surface area contributed by atoms with Gasteiger partial charge < -0.3 is 26.0 Å². The minimum Gasteiger partial charge on any atom is -0.396 e. The summed E-state index contributed by atoms with van der Waals surface area (Å²) in [5.74, 6) is 0.634. The van der Waals surface area contributed by atoms with Gasteiger partial charge in [0.15, 0.2) is 0 Å². The lowest BCUT2D eigenvalue weighted by atomic mass is 10.0. The number of benzene rings is 1. The normalized spacial score (nSPS) is 24.4. The summed E-state index contributed by atoms with van der Waals surface area (Å²) in [5.41, 5.74) is 4.51. The van der Waals surface area contributed by atoms with Gasteiger partial charge in [0.05, 0.1) is 39.8 Å². The van der Waals surface area contributed by atoms with E-state index in [4.69, 9.17) is 15.0 Å². The molecule has 0 aliphatic heterocycles. The number of nitrogens with one attached hydrogen (secondary N) is 2. The molecule has 2 aliphatic carbocycles. The van der Waals surface area contributed by atoms with Crippen LogP contribution in [0.15, 0.2) is 42.7 Å². The fourth-order valence-corrected chi connectivity index (χ4v) is 6.23. The van der Waals surface area contributed by atoms with E-state index >= 15 is 0 Å². The highest BCUT2D eigenvalue weighted by Gasteiger charge is 2.45. The lowest BCUT2D eigenvalue weighted by Gasteiger charge is -2.23. The number of hydrogen-bond donors (Lipinski definition) is 5. The van der Waals surface area contributed by atoms with E-state index in [0.29, 0.717) is 18.2 Å². The molecule has 2 fully saturated rings. The molecule has 0 unspecified atom stereocenters. The van der Waals surface area contributed by atoms with E-state index in [-0.39, 0.29) is 12.1 Å². The largest absolute Gasteiger partial charge is 0.396 e. The molecule has 4 aromatic rings. The number of aryl methyl sites for hydroxylation is 2. The Labute approximate surface area is 218 Å². The highest BCUT2D eigenvalue weighted by atomic mass is 32.1. The summed E-state index contributed by atoms with van der Waals surface area (Å²) >= 11 is 1.53. The third-order valence-corrected chi connectivity index (χ3v) is 8.61. The van der Waals surface area contributed by atoms with Crippen molar-refractivity contribution in [1.82, 2.24) is 19.9 Å². The molecule has 6 rings (SSSR count). The van der Waals surface area contributed by atoms with Crippen molar-refractivity contribution in [3.63, 3.8) is 0 Å². The molecular formula is C27H30N6O3S. The third kappa shape index (κ3) is 4.44. The molecule has 1 aromatic carbocycles. The van der Waals surface area contributed by atoms with Crippen molar-refractivity contribution in [1.29, 1.82) is 0 Å². The van der Waals surface area contributed by atoms with Crippen LogP contribution in [0.4, 0.5) is 11.8 Å². The number of rotatable bonds is 7. The van der Waals surface area contributed by atoms with Crippen LogP contribution in [0.1, 0.15) is 36.1 Å². The molecular weight excluding hydrogens is 488 g/mol. The molecule has 0 bridgehead atoms. The Hall–Kier alpha value is -3.18. The maximum Gasteiger partial charge on any atom is 0.225 e. The molecule has 9 nitrogen and oxygen atoms in total. The van der Waals surface area contributed by atoms with E-state index in [1.165, 1.54) is 22.5 Å². The standard InChI is InChI=1S/C27H30N6O3S/c1-14-3-5-17(6-4-14)27(8-9-27)33-26-29-15(2)21(25-31-19-12-28-10-7-20(19)37-25)24(32-26)30-18-11-16(13-34)22(35)23(18)36/h3-7,10,12,16,18,22-23,34-36H,8-9,11,13H2,1-2H3,(H2,29,30,32,33)/t16-,18-,22-,23+/m1/s1. The monoisotopic (exact) mass is 518 g/mol. The van der Waals surface area contributed by atoms with Gasteiger partial charge in [-0.1, -0.05) is 29.8 Å². The highest BCUT2D eigenvalue weighted by molar-refractivity contribution is 7.21. The summed E-state index contributed by atoms with van der Waals surface area (Å²) in [5, 5.41) is 38.4. The van der Waals surface area contributed by atoms with Gasteiger partial charge in [0.25, 0.3) is 0 Å². The molecule has 4 atom stereocenters. The van der Waals surface area contributed by atoms with Crippen molar-refractivity contribution < 1.29 is 15.3 Å². The molecule has 0 spiro atoms. The maximum atomic E-state index is 10.7. The predicted molar refractivity (Wildman–Crippen MR) is 144 cm³/mol. The number of pyridine rings is 1. The van der Waals surface area contributed by atoms with Crippen LogP contribution < -0.4 is 10.6 Å². The van der Waals surface area contributed by atoms with Gasteiger partial charge in [0.2, 0.25) is 5.95 Å². The van der Waals surface area contributed by atoms with E-state index in [1.807, 2.05) is 13.0 Å². The first-order chi connectivity index (χ1) is 17.9. The van der Waals surface area contributed by atoms with Crippen molar-refractivity contribution in [2.24, 2.45) is 5.92 Å². The van der Waals surface area contributed by atoms with E-state index in [0.717, 1.165) is 39.3 Å². The van der Waals surface area contributed by atoms with Crippen LogP contribution in [0.5, 0.6) is 0 Å². The fraction of sp³-hybridized carbons (Fsp3) is 0.407. The molecule has 3 heterocycles. The van der Waals surface area contributed by atoms with Crippen molar-refractivity contribution in [2.75, 3.05) is 17.2 Å². The second kappa shape index (κ2) is 9.29. The van der Waals surface area contributed by atoms with Crippen LogP contribution in [0.25, 0.3) is 20.8 Å². The van der Waals surface area contributed by atoms with E-state index in [1.54, 1.807) is 12.4 Å². The first-order valence-electron chi connectivity index (χ1n) is 12.6. The summed E-state index contributed by atoms with van der Waals surface area (Å²) in [6, 6.07) is 9.98. The fourth-order valence-electron chi connectivity index (χ4n) is 5.20. The number of nitrogens with zero attached hydrogens (tertiary/aromatic N) is 4. The van der Waals surface area contributed by atoms with Gasteiger partial charge in [-0.05, 0) is 44.7 Å². The van der Waals surface area contributed by atoms with Crippen molar-refractivity contribution in [3.05, 3.63) is 59.5 Å². The lowest BCUT2D eigenvalue weighted by molar-refractivity contribution is 0.00446. The zero-order valence-corrected chi connectivity index (χ0v) is 21.5. The molecule has 0 saturated heterocycles. The van der Waals surface area contributed by atoms with Crippen LogP contribution in [0.3, 0.4) is 0 Å². The third-order valence-electron chi connectivity index (χ3n) is 7.56. The van der Waals surface area contributed by atoms with Crippen LogP contribution in [0.2, 0.25) is 0 Å². The van der Waals surface area contributed by atoms with E-state index in [2.05, 4.69) is 46.8 Å². The number of anilines is 2. The van der Waals surface area contributed by atoms with E-state index < -0.39 is 24.2 Å². The van der Waals surface area contributed by atoms with Crippen LogP contribution in [-0.2, 0) is 5.54 Å². The Morgan fingerprint density at radius 3 is 2.49 bits per heavy atom. The molecule has 2 aliphatic rings. The van der Waals surface area contributed by atoms with Crippen molar-refractivity contribution in [2.45, 2.75) is 56.9 Å². The molecule has 192 valence electrons. The molecule has 0 amide bonds. The van der Waals surface area contributed by atoms with Crippen molar-refractivity contribution >= 4 is 33.3 Å². The number of aliphatic hydroxyl groups excluding tert-OH is 3. The van der Waals surface area contributed by atoms with Gasteiger partial charge in [-0.2, -0.15) is 4.98 Å². The zero-order chi connectivity index (χ0) is 25.7. The second-order valence-electron chi connectivity index (χ2n) is 10.2. The van der Waals surface area contributed by atoms with Crippen LogP contribution in [-0.4, -0.2) is 60.1 Å². The summed E-state index contributed by atoms with van der Waals surface area (Å²) in [7, 11) is 0.